The van der Waals surface area contributed by atoms with E-state index in [1.165, 1.54) is 0 Å². The highest BCUT2D eigenvalue weighted by molar-refractivity contribution is 5.78. The number of amides is 1. The van der Waals surface area contributed by atoms with Crippen molar-refractivity contribution in [1.82, 2.24) is 15.3 Å². The van der Waals surface area contributed by atoms with E-state index < -0.39 is 0 Å². The predicted octanol–water partition coefficient (Wildman–Crippen LogP) is 3.33. The Morgan fingerprint density at radius 3 is 2.62 bits per heavy atom. The zero-order valence-corrected chi connectivity index (χ0v) is 14.7. The SMILES string of the molecule is CC(C)C(NC(=O)COc1ccc(C#N)cc1)c1nc2ccccc2[nH]1. The number of aromatic amines is 1. The summed E-state index contributed by atoms with van der Waals surface area (Å²) in [5.74, 6) is 1.21. The first-order valence-corrected chi connectivity index (χ1v) is 8.44. The molecular formula is C20H20N4O2. The summed E-state index contributed by atoms with van der Waals surface area (Å²) in [5, 5.41) is 11.8. The summed E-state index contributed by atoms with van der Waals surface area (Å²) in [5.41, 5.74) is 2.36. The molecule has 6 heteroatoms. The van der Waals surface area contributed by atoms with Crippen molar-refractivity contribution < 1.29 is 9.53 Å². The van der Waals surface area contributed by atoms with Gasteiger partial charge in [0.15, 0.2) is 6.61 Å². The molecule has 132 valence electrons. The molecule has 2 N–H and O–H groups in total. The van der Waals surface area contributed by atoms with Gasteiger partial charge in [-0.1, -0.05) is 26.0 Å². The summed E-state index contributed by atoms with van der Waals surface area (Å²) in [6.07, 6.45) is 0. The van der Waals surface area contributed by atoms with Crippen molar-refractivity contribution in [2.45, 2.75) is 19.9 Å². The lowest BCUT2D eigenvalue weighted by Crippen LogP contribution is -2.35. The van der Waals surface area contributed by atoms with Gasteiger partial charge in [-0.15, -0.1) is 0 Å². The molecule has 3 rings (SSSR count). The number of H-pyrrole nitrogens is 1. The summed E-state index contributed by atoms with van der Waals surface area (Å²) in [6, 6.07) is 16.2. The fraction of sp³-hybridized carbons (Fsp3) is 0.250. The van der Waals surface area contributed by atoms with Crippen molar-refractivity contribution in [2.24, 2.45) is 5.92 Å². The lowest BCUT2D eigenvalue weighted by molar-refractivity contribution is -0.124. The Hall–Kier alpha value is -3.33. The summed E-state index contributed by atoms with van der Waals surface area (Å²) < 4.78 is 5.49. The van der Waals surface area contributed by atoms with Crippen molar-refractivity contribution in [1.29, 1.82) is 5.26 Å². The Morgan fingerprint density at radius 1 is 1.23 bits per heavy atom. The number of hydrogen-bond donors (Lipinski definition) is 2. The van der Waals surface area contributed by atoms with Crippen LogP contribution in [0.25, 0.3) is 11.0 Å². The van der Waals surface area contributed by atoms with Crippen molar-refractivity contribution in [3.8, 4) is 11.8 Å². The zero-order chi connectivity index (χ0) is 18.5. The molecular weight excluding hydrogens is 328 g/mol. The number of ether oxygens (including phenoxy) is 1. The lowest BCUT2D eigenvalue weighted by atomic mass is 10.0. The van der Waals surface area contributed by atoms with Crippen LogP contribution in [-0.2, 0) is 4.79 Å². The highest BCUT2D eigenvalue weighted by Crippen LogP contribution is 2.22. The molecule has 3 aromatic rings. The van der Waals surface area contributed by atoms with Gasteiger partial charge in [0.2, 0.25) is 0 Å². The van der Waals surface area contributed by atoms with Gasteiger partial charge in [0.25, 0.3) is 5.91 Å². The number of hydrogen-bond acceptors (Lipinski definition) is 4. The maximum absolute atomic E-state index is 12.3. The molecule has 0 fully saturated rings. The Kier molecular flexibility index (Phi) is 5.18. The van der Waals surface area contributed by atoms with Gasteiger partial charge < -0.3 is 15.0 Å². The molecule has 0 spiro atoms. The second-order valence-electron chi connectivity index (χ2n) is 6.35. The molecule has 6 nitrogen and oxygen atoms in total. The van der Waals surface area contributed by atoms with E-state index in [4.69, 9.17) is 10.00 Å². The molecule has 0 aliphatic carbocycles. The van der Waals surface area contributed by atoms with Gasteiger partial charge >= 0.3 is 0 Å². The topological polar surface area (TPSA) is 90.8 Å². The minimum absolute atomic E-state index is 0.102. The highest BCUT2D eigenvalue weighted by Gasteiger charge is 2.22. The third-order valence-electron chi connectivity index (χ3n) is 4.04. The van der Waals surface area contributed by atoms with Crippen molar-refractivity contribution in [3.05, 3.63) is 59.9 Å². The molecule has 1 heterocycles. The monoisotopic (exact) mass is 348 g/mol. The van der Waals surface area contributed by atoms with Crippen LogP contribution in [0.5, 0.6) is 5.75 Å². The molecule has 0 bridgehead atoms. The van der Waals surface area contributed by atoms with Gasteiger partial charge in [0.1, 0.15) is 11.6 Å². The first kappa shape index (κ1) is 17.5. The van der Waals surface area contributed by atoms with Crippen LogP contribution < -0.4 is 10.1 Å². The van der Waals surface area contributed by atoms with Gasteiger partial charge in [0.05, 0.1) is 28.7 Å². The van der Waals surface area contributed by atoms with Crippen LogP contribution in [0, 0.1) is 17.2 Å². The van der Waals surface area contributed by atoms with E-state index >= 15 is 0 Å². The summed E-state index contributed by atoms with van der Waals surface area (Å²) >= 11 is 0. The van der Waals surface area contributed by atoms with Gasteiger partial charge in [-0.05, 0) is 42.3 Å². The second-order valence-corrected chi connectivity index (χ2v) is 6.35. The van der Waals surface area contributed by atoms with Crippen molar-refractivity contribution in [2.75, 3.05) is 6.61 Å². The van der Waals surface area contributed by atoms with E-state index in [1.807, 2.05) is 44.2 Å². The van der Waals surface area contributed by atoms with E-state index in [0.717, 1.165) is 16.9 Å². The smallest absolute Gasteiger partial charge is 0.258 e. The molecule has 0 aliphatic heterocycles. The van der Waals surface area contributed by atoms with E-state index in [1.54, 1.807) is 24.3 Å². The molecule has 26 heavy (non-hydrogen) atoms. The molecule has 1 unspecified atom stereocenters. The minimum Gasteiger partial charge on any atom is -0.484 e. The molecule has 0 saturated heterocycles. The van der Waals surface area contributed by atoms with Gasteiger partial charge in [-0.3, -0.25) is 4.79 Å². The lowest BCUT2D eigenvalue weighted by Gasteiger charge is -2.20. The van der Waals surface area contributed by atoms with Crippen LogP contribution in [0.15, 0.2) is 48.5 Å². The highest BCUT2D eigenvalue weighted by atomic mass is 16.5. The average Bonchev–Trinajstić information content (AvgIpc) is 3.08. The predicted molar refractivity (Wildman–Crippen MR) is 98.5 cm³/mol. The maximum atomic E-state index is 12.3. The number of imidazole rings is 1. The Balaban J connectivity index is 1.65. The van der Waals surface area contributed by atoms with E-state index in [0.29, 0.717) is 11.3 Å². The van der Waals surface area contributed by atoms with E-state index in [9.17, 15) is 4.79 Å². The van der Waals surface area contributed by atoms with E-state index in [2.05, 4.69) is 15.3 Å². The largest absolute Gasteiger partial charge is 0.484 e. The fourth-order valence-electron chi connectivity index (χ4n) is 2.66. The molecule has 1 amide bonds. The number of nitriles is 1. The number of rotatable bonds is 6. The van der Waals surface area contributed by atoms with Crippen molar-refractivity contribution >= 4 is 16.9 Å². The standard InChI is InChI=1S/C20H20N4O2/c1-13(2)19(20-22-16-5-3-4-6-17(16)23-20)24-18(25)12-26-15-9-7-14(11-21)8-10-15/h3-10,13,19H,12H2,1-2H3,(H,22,23)(H,24,25). The molecule has 0 aliphatic rings. The number of aromatic nitrogens is 2. The van der Waals surface area contributed by atoms with Gasteiger partial charge in [-0.2, -0.15) is 5.26 Å². The molecule has 0 radical (unpaired) electrons. The fourth-order valence-corrected chi connectivity index (χ4v) is 2.66. The third kappa shape index (κ3) is 4.01. The third-order valence-corrected chi connectivity index (χ3v) is 4.04. The van der Waals surface area contributed by atoms with E-state index in [-0.39, 0.29) is 24.5 Å². The van der Waals surface area contributed by atoms with Gasteiger partial charge in [-0.25, -0.2) is 4.98 Å². The Labute approximate surface area is 151 Å². The maximum Gasteiger partial charge on any atom is 0.258 e. The number of carbonyl (C=O) groups is 1. The summed E-state index contributed by atoms with van der Waals surface area (Å²) in [7, 11) is 0. The molecule has 1 aromatic heterocycles. The normalized spacial score (nSPS) is 11.9. The summed E-state index contributed by atoms with van der Waals surface area (Å²) in [4.78, 5) is 20.2. The van der Waals surface area contributed by atoms with Crippen LogP contribution in [0.4, 0.5) is 0 Å². The molecule has 1 atom stereocenters. The Bertz CT molecular complexity index is 905. The summed E-state index contributed by atoms with van der Waals surface area (Å²) in [6.45, 7) is 3.95. The van der Waals surface area contributed by atoms with Crippen LogP contribution >= 0.6 is 0 Å². The average molecular weight is 348 g/mol. The zero-order valence-electron chi connectivity index (χ0n) is 14.7. The van der Waals surface area contributed by atoms with Crippen LogP contribution in [0.2, 0.25) is 0 Å². The Morgan fingerprint density at radius 2 is 1.96 bits per heavy atom. The minimum atomic E-state index is -0.237. The van der Waals surface area contributed by atoms with Crippen LogP contribution in [-0.4, -0.2) is 22.5 Å². The number of nitrogens with zero attached hydrogens (tertiary/aromatic N) is 2. The van der Waals surface area contributed by atoms with Crippen LogP contribution in [0.1, 0.15) is 31.3 Å². The number of nitrogens with one attached hydrogen (secondary N) is 2. The molecule has 2 aromatic carbocycles. The number of fused-ring (bicyclic) bond motifs is 1. The molecule has 0 saturated carbocycles. The second kappa shape index (κ2) is 7.70. The van der Waals surface area contributed by atoms with Crippen LogP contribution in [0.3, 0.4) is 0 Å². The number of benzene rings is 2. The van der Waals surface area contributed by atoms with Gasteiger partial charge in [0, 0.05) is 0 Å². The number of para-hydroxylation sites is 2. The van der Waals surface area contributed by atoms with Crippen molar-refractivity contribution in [3.63, 3.8) is 0 Å². The number of carbonyl (C=O) groups excluding carboxylic acids is 1. The first-order chi connectivity index (χ1) is 12.6. The first-order valence-electron chi connectivity index (χ1n) is 8.44. The quantitative estimate of drug-likeness (QED) is 0.715.